The number of hydrogen-bond acceptors (Lipinski definition) is 9. The molecule has 0 saturated carbocycles. The Morgan fingerprint density at radius 3 is 1.35 bits per heavy atom. The van der Waals surface area contributed by atoms with E-state index in [4.69, 9.17) is 30.5 Å². The molecule has 10 nitrogen and oxygen atoms in total. The number of rotatable bonds is 16. The van der Waals surface area contributed by atoms with Crippen LogP contribution in [0.3, 0.4) is 0 Å². The molecule has 0 radical (unpaired) electrons. The van der Waals surface area contributed by atoms with Crippen LogP contribution < -0.4 is 5.32 Å². The van der Waals surface area contributed by atoms with Crippen LogP contribution >= 0.6 is 11.6 Å². The van der Waals surface area contributed by atoms with Crippen LogP contribution in [0, 0.1) is 0 Å². The van der Waals surface area contributed by atoms with Crippen LogP contribution in [0.15, 0.2) is 194 Å². The van der Waals surface area contributed by atoms with Crippen molar-refractivity contribution in [1.82, 2.24) is 10.2 Å². The molecule has 2 heterocycles. The van der Waals surface area contributed by atoms with Gasteiger partial charge in [0.15, 0.2) is 0 Å². The predicted molar refractivity (Wildman–Crippen MR) is 271 cm³/mol. The van der Waals surface area contributed by atoms with Crippen LogP contribution in [-0.4, -0.2) is 92.8 Å². The lowest BCUT2D eigenvalue weighted by molar-refractivity contribution is -0.151. The summed E-state index contributed by atoms with van der Waals surface area (Å²) in [6.45, 7) is 1.98. The highest BCUT2D eigenvalue weighted by molar-refractivity contribution is 6.65. The summed E-state index contributed by atoms with van der Waals surface area (Å²) in [7, 11) is 2.76. The molecule has 2 fully saturated rings. The van der Waals surface area contributed by atoms with E-state index in [0.717, 1.165) is 33.4 Å². The van der Waals surface area contributed by atoms with Crippen LogP contribution in [0.5, 0.6) is 0 Å². The molecular weight excluding hydrogens is 888 g/mol. The van der Waals surface area contributed by atoms with Crippen molar-refractivity contribution in [3.63, 3.8) is 0 Å². The van der Waals surface area contributed by atoms with E-state index in [0.29, 0.717) is 39.1 Å². The lowest BCUT2D eigenvalue weighted by atomic mass is 9.90. The van der Waals surface area contributed by atoms with Gasteiger partial charge in [0.05, 0.1) is 51.5 Å². The van der Waals surface area contributed by atoms with Gasteiger partial charge >= 0.3 is 11.9 Å². The maximum atomic E-state index is 13.9. The zero-order valence-corrected chi connectivity index (χ0v) is 39.7. The third-order valence-electron chi connectivity index (χ3n) is 11.7. The lowest BCUT2D eigenvalue weighted by Crippen LogP contribution is -2.43. The number of ether oxygens (including phenoxy) is 4. The molecule has 6 aromatic carbocycles. The van der Waals surface area contributed by atoms with Gasteiger partial charge in [-0.25, -0.2) is 4.79 Å². The summed E-state index contributed by atoms with van der Waals surface area (Å²) in [6.07, 6.45) is 8.87. The molecule has 0 bridgehead atoms. The van der Waals surface area contributed by atoms with Gasteiger partial charge in [0.2, 0.25) is 11.1 Å². The number of esters is 2. The number of hydrogen-bond donors (Lipinski definition) is 1. The first-order chi connectivity index (χ1) is 33.7. The molecule has 1 N–H and O–H groups in total. The second-order valence-corrected chi connectivity index (χ2v) is 16.7. The normalized spacial score (nSPS) is 17.5. The Morgan fingerprint density at radius 1 is 0.551 bits per heavy atom. The number of benzene rings is 6. The van der Waals surface area contributed by atoms with Crippen molar-refractivity contribution in [1.29, 1.82) is 0 Å². The summed E-state index contributed by atoms with van der Waals surface area (Å²) in [6, 6.07) is 57.6. The maximum Gasteiger partial charge on any atom is 0.328 e. The molecule has 8 rings (SSSR count). The quantitative estimate of drug-likeness (QED) is 0.0747. The molecule has 4 atom stereocenters. The van der Waals surface area contributed by atoms with Gasteiger partial charge in [-0.05, 0) is 45.0 Å². The highest BCUT2D eigenvalue weighted by Crippen LogP contribution is 2.32. The van der Waals surface area contributed by atoms with E-state index in [1.165, 1.54) is 14.2 Å². The minimum absolute atomic E-state index is 0.0736. The number of likely N-dealkylation sites (tertiary alicyclic amines) is 1. The summed E-state index contributed by atoms with van der Waals surface area (Å²) < 4.78 is 21.5. The fraction of sp³-hybridized carbons (Fsp3) is 0.241. The van der Waals surface area contributed by atoms with Gasteiger partial charge in [-0.2, -0.15) is 0 Å². The standard InChI is InChI=1S/C29H29NO4.C15H19NO3.C14H11ClO/c1-33-29(32)26-20-25(34-19-11-14-22-12-5-2-6-13-22)21-30(26)28(31)27(23-15-7-3-8-16-23)24-17-9-4-10-18-24;1-18-15(17)14-10-13(11-16-14)19-9-5-8-12-6-3-2-4-7-12;15-14(16)13(11-7-3-1-4-8-11)12-9-5-2-6-10-12/h2-18,25-27H,19-21H2,1H3;2-8,13-14,16H,9-11H2,1H3;1-10,13H/b14-11+;8-5+;/t25-,26-;13-,14-;/m00./s1. The largest absolute Gasteiger partial charge is 0.468 e. The van der Waals surface area contributed by atoms with E-state index in [1.54, 1.807) is 4.90 Å². The van der Waals surface area contributed by atoms with E-state index in [9.17, 15) is 19.2 Å². The van der Waals surface area contributed by atoms with Crippen LogP contribution in [0.2, 0.25) is 0 Å². The fourth-order valence-corrected chi connectivity index (χ4v) is 8.49. The van der Waals surface area contributed by atoms with Crippen LogP contribution in [0.25, 0.3) is 12.2 Å². The van der Waals surface area contributed by atoms with E-state index in [1.807, 2.05) is 206 Å². The number of methoxy groups -OCH3 is 2. The molecule has 0 unspecified atom stereocenters. The zero-order chi connectivity index (χ0) is 48.6. The molecule has 11 heteroatoms. The molecule has 0 spiro atoms. The molecule has 0 aromatic heterocycles. The summed E-state index contributed by atoms with van der Waals surface area (Å²) in [5, 5.41) is 2.74. The van der Waals surface area contributed by atoms with Gasteiger partial charge in [-0.1, -0.05) is 206 Å². The number of nitrogens with zero attached hydrogens (tertiary/aromatic N) is 1. The van der Waals surface area contributed by atoms with Crippen molar-refractivity contribution in [2.45, 2.75) is 49.0 Å². The van der Waals surface area contributed by atoms with E-state index < -0.39 is 17.9 Å². The molecule has 2 aliphatic rings. The topological polar surface area (TPSA) is 120 Å². The molecule has 356 valence electrons. The Balaban J connectivity index is 0.000000188. The van der Waals surface area contributed by atoms with Crippen molar-refractivity contribution in [3.05, 3.63) is 228 Å². The van der Waals surface area contributed by atoms with E-state index >= 15 is 0 Å². The Kier molecular flexibility index (Phi) is 20.7. The molecule has 0 aliphatic carbocycles. The first-order valence-corrected chi connectivity index (χ1v) is 23.4. The van der Waals surface area contributed by atoms with Crippen molar-refractivity contribution in [3.8, 4) is 0 Å². The van der Waals surface area contributed by atoms with E-state index in [-0.39, 0.29) is 41.3 Å². The minimum Gasteiger partial charge on any atom is -0.468 e. The van der Waals surface area contributed by atoms with Crippen molar-refractivity contribution in [2.75, 3.05) is 40.5 Å². The second-order valence-electron chi connectivity index (χ2n) is 16.3. The number of halogens is 1. The smallest absolute Gasteiger partial charge is 0.328 e. The lowest BCUT2D eigenvalue weighted by Gasteiger charge is -2.28. The van der Waals surface area contributed by atoms with Crippen molar-refractivity contribution in [2.24, 2.45) is 0 Å². The highest BCUT2D eigenvalue weighted by atomic mass is 35.5. The second kappa shape index (κ2) is 27.8. The van der Waals surface area contributed by atoms with Gasteiger partial charge < -0.3 is 29.2 Å². The molecule has 2 aliphatic heterocycles. The zero-order valence-electron chi connectivity index (χ0n) is 38.9. The Hall–Kier alpha value is -6.95. The summed E-state index contributed by atoms with van der Waals surface area (Å²) in [5.41, 5.74) is 5.87. The third-order valence-corrected chi connectivity index (χ3v) is 11.9. The molecular formula is C58H59ClN2O8. The number of carbonyl (C=O) groups is 4. The molecule has 1 amide bonds. The molecule has 2 saturated heterocycles. The summed E-state index contributed by atoms with van der Waals surface area (Å²) >= 11 is 5.67. The summed E-state index contributed by atoms with van der Waals surface area (Å²) in [5.74, 6) is -1.64. The van der Waals surface area contributed by atoms with Crippen LogP contribution in [0.1, 0.15) is 58.1 Å². The van der Waals surface area contributed by atoms with Crippen LogP contribution in [-0.2, 0) is 38.1 Å². The van der Waals surface area contributed by atoms with E-state index in [2.05, 4.69) is 5.32 Å². The monoisotopic (exact) mass is 946 g/mol. The van der Waals surface area contributed by atoms with Crippen molar-refractivity contribution >= 4 is 46.8 Å². The molecule has 69 heavy (non-hydrogen) atoms. The van der Waals surface area contributed by atoms with Gasteiger partial charge in [-0.3, -0.25) is 14.4 Å². The third kappa shape index (κ3) is 15.8. The average Bonchev–Trinajstić information content (AvgIpc) is 4.07. The van der Waals surface area contributed by atoms with Gasteiger partial charge in [0.25, 0.3) is 0 Å². The van der Waals surface area contributed by atoms with Crippen LogP contribution in [0.4, 0.5) is 0 Å². The Bertz CT molecular complexity index is 2450. The Morgan fingerprint density at radius 2 is 0.942 bits per heavy atom. The first-order valence-electron chi connectivity index (χ1n) is 23.0. The fourth-order valence-electron chi connectivity index (χ4n) is 8.23. The molecule has 6 aromatic rings. The average molecular weight is 948 g/mol. The number of amides is 1. The van der Waals surface area contributed by atoms with Gasteiger partial charge in [-0.15, -0.1) is 0 Å². The SMILES string of the molecule is COC(=O)[C@@H]1C[C@H](OC/C=C/c2ccccc2)CN1.COC(=O)[C@@H]1C[C@H](OC/C=C/c2ccccc2)CN1C(=O)C(c1ccccc1)c1ccccc1.O=C(Cl)C(c1ccccc1)c1ccccc1. The Labute approximate surface area is 410 Å². The van der Waals surface area contributed by atoms with Gasteiger partial charge in [0.1, 0.15) is 12.1 Å². The predicted octanol–water partition coefficient (Wildman–Crippen LogP) is 9.89. The maximum absolute atomic E-state index is 13.9. The van der Waals surface area contributed by atoms with Crippen molar-refractivity contribution < 1.29 is 38.1 Å². The highest BCUT2D eigenvalue weighted by Gasteiger charge is 2.43. The summed E-state index contributed by atoms with van der Waals surface area (Å²) in [4.78, 5) is 50.9. The first kappa shape index (κ1) is 51.4. The number of carbonyl (C=O) groups excluding carboxylic acids is 4. The minimum atomic E-state index is -0.671. The van der Waals surface area contributed by atoms with Gasteiger partial charge in [0, 0.05) is 25.9 Å². The number of nitrogens with one attached hydrogen (secondary N) is 1.